The Balaban J connectivity index is 1.82. The maximum atomic E-state index is 2.29. The van der Waals surface area contributed by atoms with Gasteiger partial charge in [-0.15, -0.1) is 11.8 Å². The first kappa shape index (κ1) is 11.1. The third-order valence-electron chi connectivity index (χ3n) is 3.48. The van der Waals surface area contributed by atoms with Crippen molar-refractivity contribution in [1.82, 2.24) is 0 Å². The summed E-state index contributed by atoms with van der Waals surface area (Å²) in [6.07, 6.45) is 10.7. The summed E-state index contributed by atoms with van der Waals surface area (Å²) < 4.78 is 0. The Labute approximate surface area is 97.5 Å². The first-order valence-electron chi connectivity index (χ1n) is 6.01. The highest BCUT2D eigenvalue weighted by atomic mass is 32.2. The molecule has 1 aromatic rings. The van der Waals surface area contributed by atoms with Crippen LogP contribution in [0.5, 0.6) is 0 Å². The number of hydrogen-bond acceptors (Lipinski definition) is 1. The van der Waals surface area contributed by atoms with Crippen LogP contribution in [-0.2, 0) is 6.42 Å². The Hall–Kier alpha value is -0.430. The molecule has 0 radical (unpaired) electrons. The summed E-state index contributed by atoms with van der Waals surface area (Å²) in [6, 6.07) is 9.07. The minimum absolute atomic E-state index is 1.02. The Kier molecular flexibility index (Phi) is 4.13. The van der Waals surface area contributed by atoms with Gasteiger partial charge in [0, 0.05) is 4.90 Å². The van der Waals surface area contributed by atoms with Gasteiger partial charge in [-0.1, -0.05) is 37.8 Å². The number of hydrogen-bond donors (Lipinski definition) is 0. The van der Waals surface area contributed by atoms with E-state index in [4.69, 9.17) is 0 Å². The smallest absolute Gasteiger partial charge is 0.00693 e. The summed E-state index contributed by atoms with van der Waals surface area (Å²) in [5.41, 5.74) is 1.51. The molecule has 15 heavy (non-hydrogen) atoms. The monoisotopic (exact) mass is 220 g/mol. The molecule has 0 saturated heterocycles. The lowest BCUT2D eigenvalue weighted by Crippen LogP contribution is -1.96. The lowest BCUT2D eigenvalue weighted by molar-refractivity contribution is 0.504. The lowest BCUT2D eigenvalue weighted by Gasteiger charge is -2.08. The first-order valence-corrected chi connectivity index (χ1v) is 7.24. The molecular formula is C14H20S. The molecule has 2 rings (SSSR count). The van der Waals surface area contributed by atoms with Crippen molar-refractivity contribution in [2.45, 2.75) is 43.4 Å². The van der Waals surface area contributed by atoms with Crippen LogP contribution < -0.4 is 0 Å². The van der Waals surface area contributed by atoms with Crippen molar-refractivity contribution >= 4 is 11.8 Å². The van der Waals surface area contributed by atoms with Gasteiger partial charge in [-0.25, -0.2) is 0 Å². The third kappa shape index (κ3) is 3.27. The minimum Gasteiger partial charge on any atom is -0.130 e. The van der Waals surface area contributed by atoms with E-state index in [9.17, 15) is 0 Å². The lowest BCUT2D eigenvalue weighted by atomic mass is 9.98. The average Bonchev–Trinajstić information content (AvgIpc) is 2.80. The normalized spacial score (nSPS) is 17.1. The van der Waals surface area contributed by atoms with Crippen molar-refractivity contribution in [3.05, 3.63) is 29.8 Å². The predicted octanol–water partition coefficient (Wildman–Crippen LogP) is 4.53. The van der Waals surface area contributed by atoms with E-state index in [1.54, 1.807) is 0 Å². The summed E-state index contributed by atoms with van der Waals surface area (Å²) in [6.45, 7) is 0. The molecular weight excluding hydrogens is 200 g/mol. The Morgan fingerprint density at radius 2 is 1.80 bits per heavy atom. The topological polar surface area (TPSA) is 0 Å². The molecule has 1 heteroatoms. The van der Waals surface area contributed by atoms with Crippen LogP contribution in [0.4, 0.5) is 0 Å². The van der Waals surface area contributed by atoms with E-state index in [0.717, 1.165) is 5.92 Å². The molecule has 1 aromatic carbocycles. The zero-order valence-corrected chi connectivity index (χ0v) is 10.4. The van der Waals surface area contributed by atoms with Crippen molar-refractivity contribution in [2.75, 3.05) is 6.26 Å². The third-order valence-corrected chi connectivity index (χ3v) is 4.22. The molecule has 0 aromatic heterocycles. The molecule has 0 heterocycles. The average molecular weight is 220 g/mol. The maximum Gasteiger partial charge on any atom is 0.00693 e. The van der Waals surface area contributed by atoms with Crippen LogP contribution in [0.15, 0.2) is 29.2 Å². The van der Waals surface area contributed by atoms with Gasteiger partial charge >= 0.3 is 0 Å². The van der Waals surface area contributed by atoms with E-state index in [-0.39, 0.29) is 0 Å². The second-order valence-corrected chi connectivity index (χ2v) is 5.42. The molecule has 1 fully saturated rings. The molecule has 0 N–H and O–H groups in total. The van der Waals surface area contributed by atoms with E-state index in [1.165, 1.54) is 49.0 Å². The molecule has 1 aliphatic carbocycles. The second-order valence-electron chi connectivity index (χ2n) is 4.54. The molecule has 1 aliphatic rings. The summed E-state index contributed by atoms with van der Waals surface area (Å²) in [5.74, 6) is 1.02. The van der Waals surface area contributed by atoms with Crippen LogP contribution in [0, 0.1) is 5.92 Å². The second kappa shape index (κ2) is 5.60. The summed E-state index contributed by atoms with van der Waals surface area (Å²) >= 11 is 1.82. The highest BCUT2D eigenvalue weighted by molar-refractivity contribution is 7.98. The molecule has 0 unspecified atom stereocenters. The van der Waals surface area contributed by atoms with Crippen LogP contribution in [-0.4, -0.2) is 6.26 Å². The number of benzene rings is 1. The highest BCUT2D eigenvalue weighted by Gasteiger charge is 2.14. The minimum atomic E-state index is 1.02. The van der Waals surface area contributed by atoms with Crippen molar-refractivity contribution < 1.29 is 0 Å². The number of aryl methyl sites for hydroxylation is 1. The van der Waals surface area contributed by atoms with Crippen molar-refractivity contribution in [1.29, 1.82) is 0 Å². The first-order chi connectivity index (χ1) is 7.38. The van der Waals surface area contributed by atoms with E-state index in [0.29, 0.717) is 0 Å². The van der Waals surface area contributed by atoms with Crippen LogP contribution >= 0.6 is 11.8 Å². The van der Waals surface area contributed by atoms with Crippen LogP contribution in [0.2, 0.25) is 0 Å². The fourth-order valence-corrected chi connectivity index (χ4v) is 2.87. The van der Waals surface area contributed by atoms with Gasteiger partial charge in [0.2, 0.25) is 0 Å². The van der Waals surface area contributed by atoms with Gasteiger partial charge in [0.15, 0.2) is 0 Å². The van der Waals surface area contributed by atoms with Crippen LogP contribution in [0.25, 0.3) is 0 Å². The fourth-order valence-electron chi connectivity index (χ4n) is 2.46. The van der Waals surface area contributed by atoms with E-state index in [1.807, 2.05) is 11.8 Å². The Morgan fingerprint density at radius 1 is 1.13 bits per heavy atom. The Bertz CT molecular complexity index is 283. The van der Waals surface area contributed by atoms with Gasteiger partial charge in [-0.05, 0) is 42.7 Å². The summed E-state index contributed by atoms with van der Waals surface area (Å²) in [7, 11) is 0. The molecule has 0 atom stereocenters. The molecule has 0 spiro atoms. The molecule has 0 bridgehead atoms. The predicted molar refractivity (Wildman–Crippen MR) is 68.5 cm³/mol. The molecule has 82 valence electrons. The van der Waals surface area contributed by atoms with Gasteiger partial charge in [0.05, 0.1) is 0 Å². The van der Waals surface area contributed by atoms with Gasteiger partial charge in [-0.2, -0.15) is 0 Å². The summed E-state index contributed by atoms with van der Waals surface area (Å²) in [5, 5.41) is 0. The van der Waals surface area contributed by atoms with E-state index < -0.39 is 0 Å². The van der Waals surface area contributed by atoms with Crippen molar-refractivity contribution in [2.24, 2.45) is 5.92 Å². The highest BCUT2D eigenvalue weighted by Crippen LogP contribution is 2.28. The largest absolute Gasteiger partial charge is 0.130 e. The molecule has 0 aliphatic heterocycles. The van der Waals surface area contributed by atoms with Gasteiger partial charge in [0.25, 0.3) is 0 Å². The molecule has 1 saturated carbocycles. The zero-order chi connectivity index (χ0) is 10.5. The van der Waals surface area contributed by atoms with Gasteiger partial charge in [-0.3, -0.25) is 0 Å². The van der Waals surface area contributed by atoms with Gasteiger partial charge in [0.1, 0.15) is 0 Å². The number of thioether (sulfide) groups is 1. The van der Waals surface area contributed by atoms with E-state index >= 15 is 0 Å². The fraction of sp³-hybridized carbons (Fsp3) is 0.571. The quantitative estimate of drug-likeness (QED) is 0.672. The van der Waals surface area contributed by atoms with Gasteiger partial charge < -0.3 is 0 Å². The summed E-state index contributed by atoms with van der Waals surface area (Å²) in [4.78, 5) is 1.37. The molecule has 0 amide bonds. The van der Waals surface area contributed by atoms with Crippen molar-refractivity contribution in [3.63, 3.8) is 0 Å². The van der Waals surface area contributed by atoms with Crippen LogP contribution in [0.3, 0.4) is 0 Å². The maximum absolute atomic E-state index is 2.29. The SMILES string of the molecule is CSc1ccc(CCC2CCCC2)cc1. The number of rotatable bonds is 4. The Morgan fingerprint density at radius 3 is 2.40 bits per heavy atom. The van der Waals surface area contributed by atoms with Crippen molar-refractivity contribution in [3.8, 4) is 0 Å². The van der Waals surface area contributed by atoms with Crippen LogP contribution in [0.1, 0.15) is 37.7 Å². The van der Waals surface area contributed by atoms with E-state index in [2.05, 4.69) is 30.5 Å². The molecule has 0 nitrogen and oxygen atoms in total. The standard InChI is InChI=1S/C14H20S/c1-15-14-10-8-13(9-11-14)7-6-12-4-2-3-5-12/h8-12H,2-7H2,1H3. The zero-order valence-electron chi connectivity index (χ0n) is 9.54.